The van der Waals surface area contributed by atoms with Crippen molar-refractivity contribution in [3.8, 4) is 0 Å². The van der Waals surface area contributed by atoms with Gasteiger partial charge in [0.25, 0.3) is 0 Å². The predicted octanol–water partition coefficient (Wildman–Crippen LogP) is 2.22. The third-order valence-electron chi connectivity index (χ3n) is 2.07. The average molecular weight is 187 g/mol. The summed E-state index contributed by atoms with van der Waals surface area (Å²) in [6, 6.07) is 4.05. The van der Waals surface area contributed by atoms with Gasteiger partial charge in [-0.2, -0.15) is 5.10 Å². The van der Waals surface area contributed by atoms with Gasteiger partial charge in [-0.15, -0.1) is 5.10 Å². The summed E-state index contributed by atoms with van der Waals surface area (Å²) >= 11 is 0. The third-order valence-corrected chi connectivity index (χ3v) is 2.07. The molecular formula is C11H13N3. The maximum absolute atomic E-state index is 4.34. The van der Waals surface area contributed by atoms with Crippen LogP contribution in [0.1, 0.15) is 19.5 Å². The van der Waals surface area contributed by atoms with Gasteiger partial charge >= 0.3 is 0 Å². The summed E-state index contributed by atoms with van der Waals surface area (Å²) in [7, 11) is 0. The summed E-state index contributed by atoms with van der Waals surface area (Å²) in [5.74, 6) is 0.634. The van der Waals surface area contributed by atoms with Crippen LogP contribution in [0.4, 0.5) is 0 Å². The SMILES string of the molecule is CC(C)Cc1cc2ccnnc2cn1. The van der Waals surface area contributed by atoms with E-state index in [9.17, 15) is 0 Å². The van der Waals surface area contributed by atoms with Crippen molar-refractivity contribution < 1.29 is 0 Å². The van der Waals surface area contributed by atoms with Crippen molar-refractivity contribution >= 4 is 10.9 Å². The number of aromatic nitrogens is 3. The van der Waals surface area contributed by atoms with E-state index in [1.165, 1.54) is 0 Å². The summed E-state index contributed by atoms with van der Waals surface area (Å²) in [5.41, 5.74) is 1.99. The molecule has 2 rings (SSSR count). The van der Waals surface area contributed by atoms with Gasteiger partial charge in [-0.3, -0.25) is 4.98 Å². The first-order chi connectivity index (χ1) is 6.75. The Kier molecular flexibility index (Phi) is 2.39. The lowest BCUT2D eigenvalue weighted by Crippen LogP contribution is -1.97. The molecule has 0 unspecified atom stereocenters. The molecule has 3 nitrogen and oxygen atoms in total. The Balaban J connectivity index is 2.41. The smallest absolute Gasteiger partial charge is 0.111 e. The van der Waals surface area contributed by atoms with E-state index in [0.717, 1.165) is 23.0 Å². The Morgan fingerprint density at radius 1 is 1.36 bits per heavy atom. The van der Waals surface area contributed by atoms with E-state index >= 15 is 0 Å². The zero-order chi connectivity index (χ0) is 9.97. The normalized spacial score (nSPS) is 11.1. The molecule has 0 N–H and O–H groups in total. The average Bonchev–Trinajstić information content (AvgIpc) is 2.17. The Hall–Kier alpha value is -1.51. The third kappa shape index (κ3) is 1.87. The van der Waals surface area contributed by atoms with Crippen LogP contribution in [0.5, 0.6) is 0 Å². The number of hydrogen-bond donors (Lipinski definition) is 0. The fourth-order valence-electron chi connectivity index (χ4n) is 1.47. The molecule has 0 radical (unpaired) electrons. The second-order valence-electron chi connectivity index (χ2n) is 3.86. The molecule has 0 amide bonds. The van der Waals surface area contributed by atoms with Crippen molar-refractivity contribution in [3.05, 3.63) is 30.2 Å². The fourth-order valence-corrected chi connectivity index (χ4v) is 1.47. The lowest BCUT2D eigenvalue weighted by molar-refractivity contribution is 0.636. The van der Waals surface area contributed by atoms with Gasteiger partial charge in [0.1, 0.15) is 5.52 Å². The molecule has 2 aromatic rings. The summed E-state index contributed by atoms with van der Waals surface area (Å²) in [6.07, 6.45) is 4.51. The van der Waals surface area contributed by atoms with Gasteiger partial charge in [0.05, 0.1) is 12.4 Å². The second kappa shape index (κ2) is 3.70. The fraction of sp³-hybridized carbons (Fsp3) is 0.364. The minimum Gasteiger partial charge on any atom is -0.259 e. The molecule has 0 aliphatic carbocycles. The van der Waals surface area contributed by atoms with Gasteiger partial charge in [0.15, 0.2) is 0 Å². The van der Waals surface area contributed by atoms with E-state index in [1.54, 1.807) is 12.4 Å². The van der Waals surface area contributed by atoms with Crippen LogP contribution < -0.4 is 0 Å². The number of nitrogens with zero attached hydrogens (tertiary/aromatic N) is 3. The molecule has 0 aromatic carbocycles. The maximum Gasteiger partial charge on any atom is 0.111 e. The van der Waals surface area contributed by atoms with Gasteiger partial charge in [0.2, 0.25) is 0 Å². The Labute approximate surface area is 83.2 Å². The van der Waals surface area contributed by atoms with Gasteiger partial charge in [-0.05, 0) is 24.5 Å². The van der Waals surface area contributed by atoms with Crippen LogP contribution in [-0.4, -0.2) is 15.2 Å². The van der Waals surface area contributed by atoms with Crippen LogP contribution in [-0.2, 0) is 6.42 Å². The van der Waals surface area contributed by atoms with E-state index in [4.69, 9.17) is 0 Å². The molecule has 0 fully saturated rings. The molecule has 0 bridgehead atoms. The van der Waals surface area contributed by atoms with Crippen molar-refractivity contribution in [3.63, 3.8) is 0 Å². The molecule has 0 atom stereocenters. The van der Waals surface area contributed by atoms with Gasteiger partial charge in [0, 0.05) is 11.1 Å². The summed E-state index contributed by atoms with van der Waals surface area (Å²) in [6.45, 7) is 4.38. The lowest BCUT2D eigenvalue weighted by atomic mass is 10.1. The quantitative estimate of drug-likeness (QED) is 0.723. The number of hydrogen-bond acceptors (Lipinski definition) is 3. The lowest BCUT2D eigenvalue weighted by Gasteiger charge is -2.04. The molecule has 3 heteroatoms. The van der Waals surface area contributed by atoms with Crippen LogP contribution in [0.3, 0.4) is 0 Å². The zero-order valence-electron chi connectivity index (χ0n) is 8.44. The van der Waals surface area contributed by atoms with Crippen molar-refractivity contribution in [2.24, 2.45) is 5.92 Å². The molecule has 0 saturated carbocycles. The summed E-state index contributed by atoms with van der Waals surface area (Å²) in [5, 5.41) is 8.92. The molecule has 0 aliphatic heterocycles. The monoisotopic (exact) mass is 187 g/mol. The molecule has 14 heavy (non-hydrogen) atoms. The minimum atomic E-state index is 0.634. The van der Waals surface area contributed by atoms with Gasteiger partial charge in [-0.1, -0.05) is 13.8 Å². The van der Waals surface area contributed by atoms with E-state index in [0.29, 0.717) is 5.92 Å². The minimum absolute atomic E-state index is 0.634. The Morgan fingerprint density at radius 2 is 2.21 bits per heavy atom. The van der Waals surface area contributed by atoms with Crippen molar-refractivity contribution in [2.45, 2.75) is 20.3 Å². The first-order valence-corrected chi connectivity index (χ1v) is 4.82. The molecule has 0 saturated heterocycles. The highest BCUT2D eigenvalue weighted by Gasteiger charge is 2.01. The van der Waals surface area contributed by atoms with E-state index < -0.39 is 0 Å². The maximum atomic E-state index is 4.34. The summed E-state index contributed by atoms with van der Waals surface area (Å²) < 4.78 is 0. The zero-order valence-corrected chi connectivity index (χ0v) is 8.44. The van der Waals surface area contributed by atoms with Crippen LogP contribution in [0.2, 0.25) is 0 Å². The summed E-state index contributed by atoms with van der Waals surface area (Å²) in [4.78, 5) is 4.34. The second-order valence-corrected chi connectivity index (χ2v) is 3.86. The molecule has 2 aromatic heterocycles. The van der Waals surface area contributed by atoms with Crippen LogP contribution >= 0.6 is 0 Å². The molecule has 0 aliphatic rings. The van der Waals surface area contributed by atoms with Crippen LogP contribution in [0.15, 0.2) is 24.5 Å². The van der Waals surface area contributed by atoms with Crippen molar-refractivity contribution in [1.29, 1.82) is 0 Å². The Morgan fingerprint density at radius 3 is 3.00 bits per heavy atom. The Bertz CT molecular complexity index is 437. The van der Waals surface area contributed by atoms with Crippen LogP contribution in [0, 0.1) is 5.92 Å². The first kappa shape index (κ1) is 9.06. The standard InChI is InChI=1S/C11H13N3/c1-8(2)5-10-6-9-3-4-13-14-11(9)7-12-10/h3-4,6-8H,5H2,1-2H3. The van der Waals surface area contributed by atoms with E-state index in [1.807, 2.05) is 6.07 Å². The highest BCUT2D eigenvalue weighted by atomic mass is 15.1. The molecule has 72 valence electrons. The van der Waals surface area contributed by atoms with Gasteiger partial charge in [-0.25, -0.2) is 0 Å². The number of fused-ring (bicyclic) bond motifs is 1. The van der Waals surface area contributed by atoms with Crippen LogP contribution in [0.25, 0.3) is 10.9 Å². The predicted molar refractivity (Wildman–Crippen MR) is 55.9 cm³/mol. The first-order valence-electron chi connectivity index (χ1n) is 4.82. The number of pyridine rings is 1. The van der Waals surface area contributed by atoms with E-state index in [-0.39, 0.29) is 0 Å². The highest BCUT2D eigenvalue weighted by molar-refractivity contribution is 5.76. The van der Waals surface area contributed by atoms with Crippen molar-refractivity contribution in [2.75, 3.05) is 0 Å². The largest absolute Gasteiger partial charge is 0.259 e. The molecular weight excluding hydrogens is 174 g/mol. The molecule has 0 spiro atoms. The topological polar surface area (TPSA) is 38.7 Å². The van der Waals surface area contributed by atoms with Gasteiger partial charge < -0.3 is 0 Å². The molecule has 2 heterocycles. The van der Waals surface area contributed by atoms with E-state index in [2.05, 4.69) is 35.1 Å². The number of rotatable bonds is 2. The highest BCUT2D eigenvalue weighted by Crippen LogP contribution is 2.12. The van der Waals surface area contributed by atoms with Crippen molar-refractivity contribution in [1.82, 2.24) is 15.2 Å².